The van der Waals surface area contributed by atoms with Gasteiger partial charge in [-0.15, -0.1) is 10.2 Å². The molecule has 6 nitrogen and oxygen atoms in total. The number of methoxy groups -OCH3 is 2. The Morgan fingerprint density at radius 3 is 2.59 bits per heavy atom. The summed E-state index contributed by atoms with van der Waals surface area (Å²) in [6.45, 7) is 0.850. The van der Waals surface area contributed by atoms with E-state index in [2.05, 4.69) is 14.8 Å². The molecule has 2 aromatic carbocycles. The molecule has 0 spiro atoms. The third-order valence-corrected chi connectivity index (χ3v) is 6.02. The molecule has 0 aliphatic carbocycles. The van der Waals surface area contributed by atoms with Crippen molar-refractivity contribution in [2.75, 3.05) is 26.6 Å². The van der Waals surface area contributed by atoms with Gasteiger partial charge < -0.3 is 14.2 Å². The Balaban J connectivity index is 1.71. The fourth-order valence-corrected chi connectivity index (χ4v) is 4.46. The van der Waals surface area contributed by atoms with E-state index in [1.54, 1.807) is 26.0 Å². The molecule has 1 aromatic heterocycles. The molecule has 152 valence electrons. The van der Waals surface area contributed by atoms with Gasteiger partial charge in [-0.3, -0.25) is 4.57 Å². The van der Waals surface area contributed by atoms with E-state index in [1.807, 2.05) is 48.5 Å². The third-order valence-electron chi connectivity index (χ3n) is 4.96. The van der Waals surface area contributed by atoms with Crippen molar-refractivity contribution >= 4 is 11.8 Å². The Kier molecular flexibility index (Phi) is 6.36. The zero-order chi connectivity index (χ0) is 20.1. The third kappa shape index (κ3) is 4.41. The maximum Gasteiger partial charge on any atom is 0.196 e. The molecule has 2 heterocycles. The van der Waals surface area contributed by atoms with Gasteiger partial charge in [0, 0.05) is 24.0 Å². The summed E-state index contributed by atoms with van der Waals surface area (Å²) >= 11 is 1.68. The molecular formula is C22H25N3O3S. The van der Waals surface area contributed by atoms with Crippen molar-refractivity contribution in [2.24, 2.45) is 0 Å². The minimum atomic E-state index is 0.268. The number of aromatic nitrogens is 3. The van der Waals surface area contributed by atoms with E-state index in [0.29, 0.717) is 11.5 Å². The Hall–Kier alpha value is -2.51. The summed E-state index contributed by atoms with van der Waals surface area (Å²) in [7, 11) is 3.28. The average molecular weight is 412 g/mol. The van der Waals surface area contributed by atoms with Gasteiger partial charge in [0.25, 0.3) is 0 Å². The summed E-state index contributed by atoms with van der Waals surface area (Å²) in [6, 6.07) is 15.9. The van der Waals surface area contributed by atoms with E-state index in [9.17, 15) is 0 Å². The van der Waals surface area contributed by atoms with E-state index in [0.717, 1.165) is 47.4 Å². The van der Waals surface area contributed by atoms with Crippen molar-refractivity contribution in [1.29, 1.82) is 0 Å². The number of thioether (sulfide) groups is 1. The fourth-order valence-electron chi connectivity index (χ4n) is 3.44. The van der Waals surface area contributed by atoms with Gasteiger partial charge in [-0.25, -0.2) is 0 Å². The molecule has 0 saturated carbocycles. The van der Waals surface area contributed by atoms with Crippen LogP contribution in [0.25, 0.3) is 17.1 Å². The first-order valence-corrected chi connectivity index (χ1v) is 10.8. The van der Waals surface area contributed by atoms with Gasteiger partial charge in [0.1, 0.15) is 0 Å². The van der Waals surface area contributed by atoms with Crippen LogP contribution in [0.5, 0.6) is 11.5 Å². The highest BCUT2D eigenvalue weighted by molar-refractivity contribution is 7.99. The van der Waals surface area contributed by atoms with Crippen molar-refractivity contribution in [2.45, 2.75) is 30.5 Å². The Morgan fingerprint density at radius 1 is 1.03 bits per heavy atom. The van der Waals surface area contributed by atoms with Crippen LogP contribution in [0, 0.1) is 0 Å². The highest BCUT2D eigenvalue weighted by Gasteiger charge is 2.20. The molecule has 0 N–H and O–H groups in total. The normalized spacial score (nSPS) is 16.6. The minimum Gasteiger partial charge on any atom is -0.493 e. The molecule has 0 bridgehead atoms. The summed E-state index contributed by atoms with van der Waals surface area (Å²) in [5.74, 6) is 3.02. The monoisotopic (exact) mass is 411 g/mol. The first-order valence-electron chi connectivity index (χ1n) is 9.78. The average Bonchev–Trinajstić information content (AvgIpc) is 3.22. The maximum atomic E-state index is 5.89. The molecule has 1 aliphatic heterocycles. The Morgan fingerprint density at radius 2 is 1.86 bits per heavy atom. The van der Waals surface area contributed by atoms with Crippen LogP contribution in [0.2, 0.25) is 0 Å². The molecule has 1 atom stereocenters. The van der Waals surface area contributed by atoms with Crippen molar-refractivity contribution in [3.8, 4) is 28.6 Å². The van der Waals surface area contributed by atoms with E-state index >= 15 is 0 Å². The van der Waals surface area contributed by atoms with E-state index in [-0.39, 0.29) is 6.10 Å². The van der Waals surface area contributed by atoms with Crippen molar-refractivity contribution in [3.63, 3.8) is 0 Å². The molecule has 29 heavy (non-hydrogen) atoms. The number of hydrogen-bond donors (Lipinski definition) is 0. The van der Waals surface area contributed by atoms with E-state index in [4.69, 9.17) is 14.2 Å². The Labute approximate surface area is 175 Å². The van der Waals surface area contributed by atoms with Gasteiger partial charge in [0.15, 0.2) is 22.5 Å². The van der Waals surface area contributed by atoms with Gasteiger partial charge in [-0.05, 0) is 31.4 Å². The quantitative estimate of drug-likeness (QED) is 0.529. The molecule has 0 amide bonds. The minimum absolute atomic E-state index is 0.268. The molecule has 4 rings (SSSR count). The second-order valence-electron chi connectivity index (χ2n) is 6.85. The topological polar surface area (TPSA) is 58.4 Å². The molecule has 0 radical (unpaired) electrons. The van der Waals surface area contributed by atoms with Gasteiger partial charge in [0.05, 0.1) is 26.0 Å². The van der Waals surface area contributed by atoms with Crippen LogP contribution < -0.4 is 9.47 Å². The molecule has 7 heteroatoms. The lowest BCUT2D eigenvalue weighted by molar-refractivity contribution is 0.0315. The summed E-state index contributed by atoms with van der Waals surface area (Å²) in [6.07, 6.45) is 3.75. The van der Waals surface area contributed by atoms with Crippen LogP contribution in [0.15, 0.2) is 53.7 Å². The summed E-state index contributed by atoms with van der Waals surface area (Å²) in [5, 5.41) is 9.84. The van der Waals surface area contributed by atoms with Gasteiger partial charge >= 0.3 is 0 Å². The van der Waals surface area contributed by atoms with Crippen LogP contribution in [-0.2, 0) is 4.74 Å². The van der Waals surface area contributed by atoms with Crippen LogP contribution in [0.3, 0.4) is 0 Å². The SMILES string of the molecule is COc1ccc(-n2c(SCC3CCCCO3)nnc2-c2ccccc2)cc1OC. The highest BCUT2D eigenvalue weighted by Crippen LogP contribution is 2.34. The van der Waals surface area contributed by atoms with E-state index in [1.165, 1.54) is 6.42 Å². The molecule has 1 aliphatic rings. The van der Waals surface area contributed by atoms with Crippen molar-refractivity contribution in [3.05, 3.63) is 48.5 Å². The molecule has 1 unspecified atom stereocenters. The second kappa shape index (κ2) is 9.33. The lowest BCUT2D eigenvalue weighted by atomic mass is 10.1. The second-order valence-corrected chi connectivity index (χ2v) is 7.83. The number of nitrogens with zero attached hydrogens (tertiary/aromatic N) is 3. The zero-order valence-corrected chi connectivity index (χ0v) is 17.5. The van der Waals surface area contributed by atoms with Crippen molar-refractivity contribution < 1.29 is 14.2 Å². The van der Waals surface area contributed by atoms with Crippen LogP contribution in [0.1, 0.15) is 19.3 Å². The lowest BCUT2D eigenvalue weighted by Gasteiger charge is -2.22. The highest BCUT2D eigenvalue weighted by atomic mass is 32.2. The van der Waals surface area contributed by atoms with Crippen molar-refractivity contribution in [1.82, 2.24) is 14.8 Å². The number of benzene rings is 2. The van der Waals surface area contributed by atoms with Crippen LogP contribution in [0.4, 0.5) is 0 Å². The number of ether oxygens (including phenoxy) is 3. The van der Waals surface area contributed by atoms with Gasteiger partial charge in [-0.1, -0.05) is 42.1 Å². The molecule has 1 saturated heterocycles. The number of hydrogen-bond acceptors (Lipinski definition) is 6. The number of rotatable bonds is 7. The predicted octanol–water partition coefficient (Wildman–Crippen LogP) is 4.61. The molecule has 3 aromatic rings. The summed E-state index contributed by atoms with van der Waals surface area (Å²) in [4.78, 5) is 0. The lowest BCUT2D eigenvalue weighted by Crippen LogP contribution is -2.21. The zero-order valence-electron chi connectivity index (χ0n) is 16.7. The van der Waals surface area contributed by atoms with Crippen LogP contribution in [-0.4, -0.2) is 47.4 Å². The Bertz CT molecular complexity index is 940. The first kappa shape index (κ1) is 19.8. The molecule has 1 fully saturated rings. The standard InChI is InChI=1S/C22H25N3O3S/c1-26-19-12-11-17(14-20(19)27-2)25-21(16-8-4-3-5-9-16)23-24-22(25)29-15-18-10-6-7-13-28-18/h3-5,8-9,11-12,14,18H,6-7,10,13,15H2,1-2H3. The molecular weight excluding hydrogens is 386 g/mol. The smallest absolute Gasteiger partial charge is 0.196 e. The first-order chi connectivity index (χ1) is 14.3. The largest absolute Gasteiger partial charge is 0.493 e. The maximum absolute atomic E-state index is 5.89. The van der Waals surface area contributed by atoms with E-state index < -0.39 is 0 Å². The van der Waals surface area contributed by atoms with Crippen LogP contribution >= 0.6 is 11.8 Å². The van der Waals surface area contributed by atoms with Gasteiger partial charge in [0.2, 0.25) is 0 Å². The summed E-state index contributed by atoms with van der Waals surface area (Å²) < 4.78 is 18.9. The predicted molar refractivity (Wildman–Crippen MR) is 114 cm³/mol. The fraction of sp³-hybridized carbons (Fsp3) is 0.364. The van der Waals surface area contributed by atoms with Gasteiger partial charge in [-0.2, -0.15) is 0 Å². The summed E-state index contributed by atoms with van der Waals surface area (Å²) in [5.41, 5.74) is 1.94.